The number of hydrogen-bond donors (Lipinski definition) is 3. The number of aromatic nitrogens is 1. The van der Waals surface area contributed by atoms with Crippen LogP contribution in [-0.2, 0) is 4.79 Å². The number of aliphatic hydroxyl groups excluding tert-OH is 1. The van der Waals surface area contributed by atoms with Crippen molar-refractivity contribution in [3.05, 3.63) is 29.3 Å². The van der Waals surface area contributed by atoms with Gasteiger partial charge in [0, 0.05) is 25.7 Å². The minimum absolute atomic E-state index is 0.242. The van der Waals surface area contributed by atoms with Gasteiger partial charge >= 0.3 is 0 Å². The second-order valence-electron chi connectivity index (χ2n) is 6.71. The Balaban J connectivity index is 1.30. The number of amides is 2. The molecule has 0 spiro atoms. The molecule has 8 nitrogen and oxygen atoms in total. The quantitative estimate of drug-likeness (QED) is 0.549. The number of thiophene rings is 1. The first-order chi connectivity index (χ1) is 13.0. The van der Waals surface area contributed by atoms with Gasteiger partial charge in [0.1, 0.15) is 0 Å². The number of rotatable bonds is 9. The monoisotopic (exact) mass is 392 g/mol. The van der Waals surface area contributed by atoms with Crippen molar-refractivity contribution in [1.82, 2.24) is 15.4 Å². The maximum atomic E-state index is 12.1. The Bertz CT molecular complexity index is 761. The van der Waals surface area contributed by atoms with Crippen LogP contribution in [0.25, 0.3) is 10.6 Å². The molecule has 27 heavy (non-hydrogen) atoms. The van der Waals surface area contributed by atoms with Crippen LogP contribution in [0.1, 0.15) is 29.8 Å². The van der Waals surface area contributed by atoms with E-state index in [1.807, 2.05) is 17.5 Å². The number of hydrogen-bond acceptors (Lipinski definition) is 7. The third-order valence-corrected chi connectivity index (χ3v) is 5.56. The van der Waals surface area contributed by atoms with Crippen molar-refractivity contribution in [1.29, 1.82) is 0 Å². The summed E-state index contributed by atoms with van der Waals surface area (Å²) in [5, 5.41) is 18.4. The number of primary amides is 1. The Morgan fingerprint density at radius 3 is 2.93 bits per heavy atom. The molecule has 3 heterocycles. The number of nitrogens with two attached hydrogens (primary N) is 1. The predicted molar refractivity (Wildman–Crippen MR) is 101 cm³/mol. The normalized spacial score (nSPS) is 20.0. The molecule has 3 rings (SSSR count). The Hall–Kier alpha value is -2.23. The fourth-order valence-electron chi connectivity index (χ4n) is 3.18. The highest BCUT2D eigenvalue weighted by Crippen LogP contribution is 2.25. The highest BCUT2D eigenvalue weighted by atomic mass is 32.1. The van der Waals surface area contributed by atoms with Crippen molar-refractivity contribution >= 4 is 23.2 Å². The van der Waals surface area contributed by atoms with Gasteiger partial charge in [0.05, 0.1) is 16.9 Å². The number of likely N-dealkylation sites (tertiary alicyclic amines) is 1. The lowest BCUT2D eigenvalue weighted by Crippen LogP contribution is -2.32. The zero-order valence-corrected chi connectivity index (χ0v) is 15.8. The molecule has 1 aliphatic rings. The number of aliphatic hydroxyl groups is 1. The van der Waals surface area contributed by atoms with Gasteiger partial charge in [-0.1, -0.05) is 17.6 Å². The molecule has 2 amide bonds. The maximum absolute atomic E-state index is 12.1. The summed E-state index contributed by atoms with van der Waals surface area (Å²) in [7, 11) is 0. The van der Waals surface area contributed by atoms with E-state index in [9.17, 15) is 14.7 Å². The van der Waals surface area contributed by atoms with Gasteiger partial charge in [-0.05, 0) is 30.8 Å². The Morgan fingerprint density at radius 1 is 1.37 bits per heavy atom. The summed E-state index contributed by atoms with van der Waals surface area (Å²) in [4.78, 5) is 26.3. The molecule has 1 fully saturated rings. The van der Waals surface area contributed by atoms with Crippen LogP contribution in [-0.4, -0.2) is 59.3 Å². The van der Waals surface area contributed by atoms with E-state index in [0.29, 0.717) is 25.4 Å². The molecule has 2 aromatic heterocycles. The van der Waals surface area contributed by atoms with Crippen molar-refractivity contribution in [3.63, 3.8) is 0 Å². The smallest absolute Gasteiger partial charge is 0.273 e. The van der Waals surface area contributed by atoms with Gasteiger partial charge in [-0.15, -0.1) is 11.3 Å². The molecule has 0 aliphatic carbocycles. The lowest BCUT2D eigenvalue weighted by atomic mass is 10.1. The van der Waals surface area contributed by atoms with E-state index < -0.39 is 17.9 Å². The lowest BCUT2D eigenvalue weighted by molar-refractivity contribution is -0.123. The average molecular weight is 392 g/mol. The summed E-state index contributed by atoms with van der Waals surface area (Å²) >= 11 is 1.53. The average Bonchev–Trinajstić information content (AvgIpc) is 3.37. The molecule has 9 heteroatoms. The van der Waals surface area contributed by atoms with Gasteiger partial charge in [0.2, 0.25) is 5.91 Å². The summed E-state index contributed by atoms with van der Waals surface area (Å²) in [6.07, 6.45) is 2.05. The minimum atomic E-state index is -0.664. The van der Waals surface area contributed by atoms with E-state index in [2.05, 4.69) is 15.4 Å². The number of nitrogens with one attached hydrogen (secondary N) is 1. The number of β-amino-alcohol motifs (C(OH)–C–C–N with tert-alkyl or cyclic N) is 1. The summed E-state index contributed by atoms with van der Waals surface area (Å²) in [6, 6.07) is 5.48. The molecule has 0 saturated carbocycles. The van der Waals surface area contributed by atoms with Crippen LogP contribution in [0, 0.1) is 5.92 Å². The van der Waals surface area contributed by atoms with E-state index in [1.165, 1.54) is 11.3 Å². The van der Waals surface area contributed by atoms with Crippen molar-refractivity contribution in [2.24, 2.45) is 11.7 Å². The summed E-state index contributed by atoms with van der Waals surface area (Å²) in [5.74, 6) is -0.556. The second-order valence-corrected chi connectivity index (χ2v) is 7.65. The van der Waals surface area contributed by atoms with Crippen molar-refractivity contribution < 1.29 is 19.2 Å². The molecule has 2 atom stereocenters. The van der Waals surface area contributed by atoms with Gasteiger partial charge in [-0.2, -0.15) is 0 Å². The third kappa shape index (κ3) is 5.15. The first-order valence-corrected chi connectivity index (χ1v) is 9.91. The Kier molecular flexibility index (Phi) is 6.59. The highest BCUT2D eigenvalue weighted by Gasteiger charge is 2.34. The SMILES string of the molecule is NC(=O)[C@@H]1CN(CCCCCNC(=O)c2cc(-c3cccs3)on2)C[C@@H]1O. The fraction of sp³-hybridized carbons (Fsp3) is 0.500. The topological polar surface area (TPSA) is 122 Å². The minimum Gasteiger partial charge on any atom is -0.391 e. The largest absolute Gasteiger partial charge is 0.391 e. The Morgan fingerprint density at radius 2 is 2.22 bits per heavy atom. The molecule has 4 N–H and O–H groups in total. The zero-order chi connectivity index (χ0) is 19.2. The van der Waals surface area contributed by atoms with Crippen LogP contribution in [0.5, 0.6) is 0 Å². The van der Waals surface area contributed by atoms with Crippen LogP contribution in [0.3, 0.4) is 0 Å². The summed E-state index contributed by atoms with van der Waals surface area (Å²) in [6.45, 7) is 2.38. The molecule has 0 aromatic carbocycles. The lowest BCUT2D eigenvalue weighted by Gasteiger charge is -2.14. The predicted octanol–water partition coefficient (Wildman–Crippen LogP) is 1.08. The first-order valence-electron chi connectivity index (χ1n) is 9.03. The maximum Gasteiger partial charge on any atom is 0.273 e. The fourth-order valence-corrected chi connectivity index (χ4v) is 3.85. The van der Waals surface area contributed by atoms with Gasteiger partial charge in [-0.25, -0.2) is 0 Å². The molecule has 1 aliphatic heterocycles. The molecule has 0 bridgehead atoms. The number of unbranched alkanes of at least 4 members (excludes halogenated alkanes) is 2. The molecule has 146 valence electrons. The van der Waals surface area contributed by atoms with Crippen molar-refractivity contribution in [3.8, 4) is 10.6 Å². The van der Waals surface area contributed by atoms with Crippen LogP contribution < -0.4 is 11.1 Å². The number of carbonyl (C=O) groups excluding carboxylic acids is 2. The molecule has 1 saturated heterocycles. The molecule has 0 radical (unpaired) electrons. The van der Waals surface area contributed by atoms with Gasteiger partial charge in [0.25, 0.3) is 5.91 Å². The third-order valence-electron chi connectivity index (χ3n) is 4.67. The van der Waals surface area contributed by atoms with E-state index in [1.54, 1.807) is 6.07 Å². The molecule has 0 unspecified atom stereocenters. The molecular weight excluding hydrogens is 368 g/mol. The number of nitrogens with zero attached hydrogens (tertiary/aromatic N) is 2. The van der Waals surface area contributed by atoms with Gasteiger partial charge in [-0.3, -0.25) is 14.5 Å². The molecule has 2 aromatic rings. The zero-order valence-electron chi connectivity index (χ0n) is 15.0. The Labute approximate surface area is 161 Å². The first kappa shape index (κ1) is 19.5. The summed E-state index contributed by atoms with van der Waals surface area (Å²) < 4.78 is 5.21. The summed E-state index contributed by atoms with van der Waals surface area (Å²) in [5.41, 5.74) is 5.55. The van der Waals surface area contributed by atoms with Crippen molar-refractivity contribution in [2.45, 2.75) is 25.4 Å². The van der Waals surface area contributed by atoms with Crippen LogP contribution in [0.4, 0.5) is 0 Å². The molecular formula is C18H24N4O4S. The highest BCUT2D eigenvalue weighted by molar-refractivity contribution is 7.13. The van der Waals surface area contributed by atoms with Gasteiger partial charge in [0.15, 0.2) is 11.5 Å². The van der Waals surface area contributed by atoms with E-state index >= 15 is 0 Å². The van der Waals surface area contributed by atoms with E-state index in [-0.39, 0.29) is 11.6 Å². The van der Waals surface area contributed by atoms with Crippen LogP contribution in [0.2, 0.25) is 0 Å². The van der Waals surface area contributed by atoms with Gasteiger partial charge < -0.3 is 20.7 Å². The van der Waals surface area contributed by atoms with E-state index in [0.717, 1.165) is 30.7 Å². The standard InChI is InChI=1S/C18H24N4O4S/c19-17(24)12-10-22(11-14(12)23)7-3-1-2-6-20-18(25)13-9-15(26-21-13)16-5-4-8-27-16/h4-5,8-9,12,14,23H,1-3,6-7,10-11H2,(H2,19,24)(H,20,25)/t12-,14+/m1/s1. The van der Waals surface area contributed by atoms with Crippen LogP contribution in [0.15, 0.2) is 28.1 Å². The second kappa shape index (κ2) is 9.12. The van der Waals surface area contributed by atoms with Crippen LogP contribution >= 0.6 is 11.3 Å². The number of carbonyl (C=O) groups is 2. The van der Waals surface area contributed by atoms with Crippen molar-refractivity contribution in [2.75, 3.05) is 26.2 Å². The van der Waals surface area contributed by atoms with E-state index in [4.69, 9.17) is 10.3 Å².